The topological polar surface area (TPSA) is 33.2 Å². The van der Waals surface area contributed by atoms with Gasteiger partial charge >= 0.3 is 0 Å². The molecule has 0 saturated heterocycles. The zero-order valence-electron chi connectivity index (χ0n) is 11.7. The lowest BCUT2D eigenvalue weighted by Gasteiger charge is -2.17. The van der Waals surface area contributed by atoms with E-state index in [2.05, 4.69) is 11.2 Å². The van der Waals surface area contributed by atoms with Crippen molar-refractivity contribution in [3.63, 3.8) is 0 Å². The number of rotatable bonds is 5. The normalized spacial score (nSPS) is 10.3. The minimum atomic E-state index is 0.0387. The van der Waals surface area contributed by atoms with Gasteiger partial charge in [0, 0.05) is 37.3 Å². The molecule has 0 saturated carbocycles. The van der Waals surface area contributed by atoms with E-state index in [0.29, 0.717) is 6.54 Å². The van der Waals surface area contributed by atoms with Gasteiger partial charge in [-0.05, 0) is 35.6 Å². The molecular weight excluding hydrogens is 268 g/mol. The Morgan fingerprint density at radius 1 is 1.25 bits per heavy atom. The largest absolute Gasteiger partial charge is 0.337 e. The zero-order valence-corrected chi connectivity index (χ0v) is 12.6. The van der Waals surface area contributed by atoms with Gasteiger partial charge in [-0.25, -0.2) is 0 Å². The third kappa shape index (κ3) is 3.84. The summed E-state index contributed by atoms with van der Waals surface area (Å²) in [6.07, 6.45) is 5.58. The van der Waals surface area contributed by atoms with Gasteiger partial charge in [0.15, 0.2) is 0 Å². The van der Waals surface area contributed by atoms with Crippen LogP contribution in [0.25, 0.3) is 0 Å². The second-order valence-electron chi connectivity index (χ2n) is 4.66. The molecule has 0 fully saturated rings. The van der Waals surface area contributed by atoms with E-state index < -0.39 is 0 Å². The van der Waals surface area contributed by atoms with Crippen molar-refractivity contribution in [2.24, 2.45) is 0 Å². The monoisotopic (exact) mass is 286 g/mol. The Hall–Kier alpha value is -1.81. The lowest BCUT2D eigenvalue weighted by atomic mass is 10.1. The van der Waals surface area contributed by atoms with Crippen LogP contribution in [0.4, 0.5) is 0 Å². The Morgan fingerprint density at radius 3 is 2.75 bits per heavy atom. The highest BCUT2D eigenvalue weighted by Crippen LogP contribution is 2.13. The SMILES string of the molecule is CSCc1cccc(C(=O)N(C)Cc2cccnc2)c1. The van der Waals surface area contributed by atoms with Crippen molar-refractivity contribution in [2.75, 3.05) is 13.3 Å². The van der Waals surface area contributed by atoms with Crippen LogP contribution in [0, 0.1) is 0 Å². The highest BCUT2D eigenvalue weighted by Gasteiger charge is 2.12. The summed E-state index contributed by atoms with van der Waals surface area (Å²) >= 11 is 1.75. The summed E-state index contributed by atoms with van der Waals surface area (Å²) in [4.78, 5) is 18.2. The van der Waals surface area contributed by atoms with Gasteiger partial charge in [0.25, 0.3) is 5.91 Å². The highest BCUT2D eigenvalue weighted by molar-refractivity contribution is 7.97. The molecule has 20 heavy (non-hydrogen) atoms. The maximum Gasteiger partial charge on any atom is 0.253 e. The molecule has 1 aromatic carbocycles. The van der Waals surface area contributed by atoms with Crippen molar-refractivity contribution in [2.45, 2.75) is 12.3 Å². The maximum absolute atomic E-state index is 12.4. The molecule has 0 radical (unpaired) electrons. The average molecular weight is 286 g/mol. The second kappa shape index (κ2) is 7.10. The number of amides is 1. The fourth-order valence-corrected chi connectivity index (χ4v) is 2.53. The molecule has 104 valence electrons. The van der Waals surface area contributed by atoms with Crippen LogP contribution in [0.15, 0.2) is 48.8 Å². The minimum absolute atomic E-state index is 0.0387. The quantitative estimate of drug-likeness (QED) is 0.846. The first-order valence-corrected chi connectivity index (χ1v) is 7.82. The van der Waals surface area contributed by atoms with Crippen LogP contribution in [0.3, 0.4) is 0 Å². The summed E-state index contributed by atoms with van der Waals surface area (Å²) in [5, 5.41) is 0. The molecule has 0 aliphatic rings. The number of carbonyl (C=O) groups excluding carboxylic acids is 1. The van der Waals surface area contributed by atoms with Crippen LogP contribution < -0.4 is 0 Å². The Balaban J connectivity index is 2.08. The molecule has 0 aliphatic carbocycles. The van der Waals surface area contributed by atoms with Crippen LogP contribution in [-0.4, -0.2) is 29.1 Å². The van der Waals surface area contributed by atoms with Gasteiger partial charge in [0.2, 0.25) is 0 Å². The molecule has 0 aliphatic heterocycles. The van der Waals surface area contributed by atoms with Crippen LogP contribution >= 0.6 is 11.8 Å². The molecule has 0 unspecified atom stereocenters. The summed E-state index contributed by atoms with van der Waals surface area (Å²) < 4.78 is 0. The predicted molar refractivity (Wildman–Crippen MR) is 83.7 cm³/mol. The fraction of sp³-hybridized carbons (Fsp3) is 0.250. The van der Waals surface area contributed by atoms with E-state index in [1.165, 1.54) is 5.56 Å². The molecule has 3 nitrogen and oxygen atoms in total. The highest BCUT2D eigenvalue weighted by atomic mass is 32.2. The van der Waals surface area contributed by atoms with Gasteiger partial charge in [0.1, 0.15) is 0 Å². The molecule has 0 atom stereocenters. The van der Waals surface area contributed by atoms with Crippen molar-refractivity contribution in [3.8, 4) is 0 Å². The lowest BCUT2D eigenvalue weighted by molar-refractivity contribution is 0.0785. The molecule has 0 N–H and O–H groups in total. The standard InChI is InChI=1S/C16H18N2OS/c1-18(11-14-6-4-8-17-10-14)16(19)15-7-3-5-13(9-15)12-20-2/h3-10H,11-12H2,1-2H3. The van der Waals surface area contributed by atoms with E-state index >= 15 is 0 Å². The average Bonchev–Trinajstić information content (AvgIpc) is 2.48. The van der Waals surface area contributed by atoms with Gasteiger partial charge in [-0.15, -0.1) is 0 Å². The van der Waals surface area contributed by atoms with Crippen LogP contribution in [0.1, 0.15) is 21.5 Å². The van der Waals surface area contributed by atoms with Crippen LogP contribution in [-0.2, 0) is 12.3 Å². The third-order valence-electron chi connectivity index (χ3n) is 2.97. The summed E-state index contributed by atoms with van der Waals surface area (Å²) in [5.41, 5.74) is 2.95. The van der Waals surface area contributed by atoms with Gasteiger partial charge in [-0.3, -0.25) is 9.78 Å². The lowest BCUT2D eigenvalue weighted by Crippen LogP contribution is -2.26. The van der Waals surface area contributed by atoms with E-state index in [4.69, 9.17) is 0 Å². The number of hydrogen-bond donors (Lipinski definition) is 0. The minimum Gasteiger partial charge on any atom is -0.337 e. The number of pyridine rings is 1. The molecule has 1 heterocycles. The van der Waals surface area contributed by atoms with Crippen molar-refractivity contribution in [3.05, 3.63) is 65.5 Å². The van der Waals surface area contributed by atoms with Crippen LogP contribution in [0.5, 0.6) is 0 Å². The van der Waals surface area contributed by atoms with Crippen molar-refractivity contribution in [1.82, 2.24) is 9.88 Å². The number of benzene rings is 1. The van der Waals surface area contributed by atoms with Gasteiger partial charge < -0.3 is 4.90 Å². The predicted octanol–water partition coefficient (Wildman–Crippen LogP) is 3.22. The summed E-state index contributed by atoms with van der Waals surface area (Å²) in [7, 11) is 1.82. The summed E-state index contributed by atoms with van der Waals surface area (Å²) in [6, 6.07) is 11.7. The Bertz CT molecular complexity index is 572. The molecule has 0 spiro atoms. The van der Waals surface area contributed by atoms with Crippen molar-refractivity contribution in [1.29, 1.82) is 0 Å². The van der Waals surface area contributed by atoms with Gasteiger partial charge in [-0.2, -0.15) is 11.8 Å². The Kier molecular flexibility index (Phi) is 5.18. The van der Waals surface area contributed by atoms with E-state index in [-0.39, 0.29) is 5.91 Å². The second-order valence-corrected chi connectivity index (χ2v) is 5.52. The smallest absolute Gasteiger partial charge is 0.253 e. The van der Waals surface area contributed by atoms with Gasteiger partial charge in [0.05, 0.1) is 0 Å². The third-order valence-corrected chi connectivity index (χ3v) is 3.60. The van der Waals surface area contributed by atoms with Crippen LogP contribution in [0.2, 0.25) is 0 Å². The Labute approximate surface area is 124 Å². The zero-order chi connectivity index (χ0) is 14.4. The molecule has 2 aromatic rings. The molecule has 4 heteroatoms. The summed E-state index contributed by atoms with van der Waals surface area (Å²) in [5.74, 6) is 0.963. The Morgan fingerprint density at radius 2 is 2.05 bits per heavy atom. The first kappa shape index (κ1) is 14.6. The fourth-order valence-electron chi connectivity index (χ4n) is 2.02. The van der Waals surface area contributed by atoms with E-state index in [1.807, 2.05) is 43.4 Å². The molecule has 0 bridgehead atoms. The molecule has 2 rings (SSSR count). The van der Waals surface area contributed by atoms with Crippen molar-refractivity contribution >= 4 is 17.7 Å². The first-order chi connectivity index (χ1) is 9.70. The molecular formula is C16H18N2OS. The molecule has 1 aromatic heterocycles. The van der Waals surface area contributed by atoms with E-state index in [9.17, 15) is 4.79 Å². The number of nitrogens with zero attached hydrogens (tertiary/aromatic N) is 2. The first-order valence-electron chi connectivity index (χ1n) is 6.43. The summed E-state index contributed by atoms with van der Waals surface area (Å²) in [6.45, 7) is 0.569. The van der Waals surface area contributed by atoms with Gasteiger partial charge in [-0.1, -0.05) is 18.2 Å². The van der Waals surface area contributed by atoms with E-state index in [1.54, 1.807) is 29.1 Å². The molecule has 1 amide bonds. The van der Waals surface area contributed by atoms with E-state index in [0.717, 1.165) is 16.9 Å². The number of hydrogen-bond acceptors (Lipinski definition) is 3. The number of aromatic nitrogens is 1. The van der Waals surface area contributed by atoms with Crippen molar-refractivity contribution < 1.29 is 4.79 Å². The maximum atomic E-state index is 12.4. The number of carbonyl (C=O) groups is 1. The number of thioether (sulfide) groups is 1.